The number of nitrogens with one attached hydrogen (secondary N) is 2. The van der Waals surface area contributed by atoms with Gasteiger partial charge in [0.25, 0.3) is 0 Å². The SMILES string of the molecule is CC(C)(C)OC(=O)N[C@H](CF)C1CCC(C(=O)N2CC[C@@H](C3CCCCC3)[C@@H]2C(=O)Nc2cnc3oc(C(=O)O)cc3c2)CC1. The summed E-state index contributed by atoms with van der Waals surface area (Å²) in [5, 5.41) is 15.3. The second-order valence-corrected chi connectivity index (χ2v) is 13.9. The first kappa shape index (κ1) is 32.7. The van der Waals surface area contributed by atoms with E-state index in [0.717, 1.165) is 32.1 Å². The average molecular weight is 629 g/mol. The lowest BCUT2D eigenvalue weighted by molar-refractivity contribution is -0.142. The van der Waals surface area contributed by atoms with Crippen LogP contribution in [0.4, 0.5) is 14.9 Å². The van der Waals surface area contributed by atoms with E-state index in [1.54, 1.807) is 31.7 Å². The van der Waals surface area contributed by atoms with E-state index >= 15 is 0 Å². The molecule has 1 saturated heterocycles. The predicted octanol–water partition coefficient (Wildman–Crippen LogP) is 5.93. The molecule has 1 aliphatic heterocycles. The number of alkyl carbamates (subject to hydrolysis) is 1. The van der Waals surface area contributed by atoms with Gasteiger partial charge in [-0.05, 0) is 76.7 Å². The number of anilines is 1. The third-order valence-corrected chi connectivity index (χ3v) is 9.66. The molecule has 0 unspecified atom stereocenters. The molecule has 2 saturated carbocycles. The fourth-order valence-corrected chi connectivity index (χ4v) is 7.52. The number of carboxylic acid groups (broad SMARTS) is 1. The Bertz CT molecular complexity index is 1390. The molecule has 3 atom stereocenters. The zero-order valence-electron chi connectivity index (χ0n) is 26.4. The number of amides is 3. The maximum Gasteiger partial charge on any atom is 0.407 e. The van der Waals surface area contributed by atoms with Crippen LogP contribution in [0.15, 0.2) is 22.7 Å². The first-order valence-electron chi connectivity index (χ1n) is 16.2. The van der Waals surface area contributed by atoms with E-state index in [4.69, 9.17) is 9.15 Å². The Morgan fingerprint density at radius 1 is 1.07 bits per heavy atom. The number of alkyl halides is 1. The van der Waals surface area contributed by atoms with Crippen LogP contribution in [0, 0.1) is 23.7 Å². The van der Waals surface area contributed by atoms with Gasteiger partial charge in [0, 0.05) is 23.9 Å². The number of aromatic nitrogens is 1. The normalized spacial score (nSPS) is 25.1. The van der Waals surface area contributed by atoms with E-state index in [2.05, 4.69) is 15.6 Å². The van der Waals surface area contributed by atoms with Gasteiger partial charge < -0.3 is 29.8 Å². The lowest BCUT2D eigenvalue weighted by Gasteiger charge is -2.37. The molecule has 3 heterocycles. The predicted molar refractivity (Wildman–Crippen MR) is 164 cm³/mol. The Morgan fingerprint density at radius 3 is 2.42 bits per heavy atom. The molecule has 5 rings (SSSR count). The highest BCUT2D eigenvalue weighted by molar-refractivity contribution is 5.99. The Kier molecular flexibility index (Phi) is 9.98. The van der Waals surface area contributed by atoms with Crippen molar-refractivity contribution in [1.29, 1.82) is 0 Å². The van der Waals surface area contributed by atoms with E-state index in [-0.39, 0.29) is 41.0 Å². The van der Waals surface area contributed by atoms with Crippen LogP contribution >= 0.6 is 0 Å². The fraction of sp³-hybridized carbons (Fsp3) is 0.667. The fourth-order valence-electron chi connectivity index (χ4n) is 7.52. The molecule has 3 N–H and O–H groups in total. The number of fused-ring (bicyclic) bond motifs is 1. The minimum Gasteiger partial charge on any atom is -0.475 e. The second-order valence-electron chi connectivity index (χ2n) is 13.9. The van der Waals surface area contributed by atoms with Gasteiger partial charge in [-0.3, -0.25) is 9.59 Å². The molecule has 2 aromatic heterocycles. The Hall–Kier alpha value is -3.70. The van der Waals surface area contributed by atoms with Crippen LogP contribution in [0.5, 0.6) is 0 Å². The van der Waals surface area contributed by atoms with Gasteiger partial charge in [-0.1, -0.05) is 32.1 Å². The summed E-state index contributed by atoms with van der Waals surface area (Å²) in [6, 6.07) is 1.69. The van der Waals surface area contributed by atoms with Crippen LogP contribution in [-0.4, -0.2) is 69.8 Å². The van der Waals surface area contributed by atoms with Crippen molar-refractivity contribution in [1.82, 2.24) is 15.2 Å². The molecular weight excluding hydrogens is 583 g/mol. The number of ether oxygens (including phenoxy) is 1. The topological polar surface area (TPSA) is 151 Å². The van der Waals surface area contributed by atoms with E-state index in [1.807, 2.05) is 0 Å². The highest BCUT2D eigenvalue weighted by atomic mass is 19.1. The van der Waals surface area contributed by atoms with Gasteiger partial charge in [0.2, 0.25) is 23.3 Å². The third-order valence-electron chi connectivity index (χ3n) is 9.66. The quantitative estimate of drug-likeness (QED) is 0.325. The summed E-state index contributed by atoms with van der Waals surface area (Å²) in [6.07, 6.45) is 9.34. The van der Waals surface area contributed by atoms with Gasteiger partial charge >= 0.3 is 12.1 Å². The number of carboxylic acids is 1. The molecule has 0 spiro atoms. The standard InChI is InChI=1S/C33H45FN4O7/c1-33(2,3)45-32(43)37-25(17-34)20-9-11-21(12-10-20)30(40)38-14-13-24(19-7-5-4-6-8-19)27(38)28(39)36-23-15-22-16-26(31(41)42)44-29(22)35-18-23/h15-16,18-21,24-25,27H,4-14,17H2,1-3H3,(H,36,39)(H,37,43)(H,41,42)/t20?,21?,24-,25+,27+/m0/s1. The number of carbonyl (C=O) groups is 4. The number of pyridine rings is 1. The van der Waals surface area contributed by atoms with Crippen LogP contribution in [0.3, 0.4) is 0 Å². The zero-order chi connectivity index (χ0) is 32.3. The van der Waals surface area contributed by atoms with E-state index in [1.165, 1.54) is 18.7 Å². The van der Waals surface area contributed by atoms with Crippen molar-refractivity contribution >= 4 is 40.7 Å². The summed E-state index contributed by atoms with van der Waals surface area (Å²) in [4.78, 5) is 57.5. The number of hydrogen-bond donors (Lipinski definition) is 3. The summed E-state index contributed by atoms with van der Waals surface area (Å²) >= 11 is 0. The molecule has 12 heteroatoms. The molecule has 0 bridgehead atoms. The number of likely N-dealkylation sites (tertiary alicyclic amines) is 1. The molecule has 3 amide bonds. The molecular formula is C33H45FN4O7. The number of aromatic carboxylic acids is 1. The van der Waals surface area contributed by atoms with Gasteiger partial charge in [-0.15, -0.1) is 0 Å². The minimum atomic E-state index is -1.21. The Morgan fingerprint density at radius 2 is 1.78 bits per heavy atom. The Balaban J connectivity index is 1.27. The van der Waals surface area contributed by atoms with Gasteiger partial charge in [0.1, 0.15) is 18.3 Å². The summed E-state index contributed by atoms with van der Waals surface area (Å²) in [7, 11) is 0. The number of furan rings is 1. The molecule has 3 aliphatic rings. The van der Waals surface area contributed by atoms with E-state index in [9.17, 15) is 28.7 Å². The van der Waals surface area contributed by atoms with Crippen LogP contribution < -0.4 is 10.6 Å². The highest BCUT2D eigenvalue weighted by Crippen LogP contribution is 2.41. The van der Waals surface area contributed by atoms with Crippen LogP contribution in [-0.2, 0) is 14.3 Å². The molecule has 2 aliphatic carbocycles. The molecule has 2 aromatic rings. The lowest BCUT2D eigenvalue weighted by Crippen LogP contribution is -2.50. The van der Waals surface area contributed by atoms with Crippen molar-refractivity contribution < 1.29 is 37.8 Å². The molecule has 0 radical (unpaired) electrons. The molecule has 11 nitrogen and oxygen atoms in total. The number of nitrogens with zero attached hydrogens (tertiary/aromatic N) is 2. The van der Waals surface area contributed by atoms with Crippen molar-refractivity contribution in [3.05, 3.63) is 24.1 Å². The first-order valence-corrected chi connectivity index (χ1v) is 16.2. The number of hydrogen-bond acceptors (Lipinski definition) is 7. The van der Waals surface area contributed by atoms with Crippen LogP contribution in [0.1, 0.15) is 95.5 Å². The van der Waals surface area contributed by atoms with Gasteiger partial charge in [-0.25, -0.2) is 19.0 Å². The summed E-state index contributed by atoms with van der Waals surface area (Å²) in [6.45, 7) is 5.06. The lowest BCUT2D eigenvalue weighted by atomic mass is 9.76. The van der Waals surface area contributed by atoms with Crippen molar-refractivity contribution in [2.75, 3.05) is 18.5 Å². The molecule has 45 heavy (non-hydrogen) atoms. The smallest absolute Gasteiger partial charge is 0.407 e. The number of carbonyl (C=O) groups excluding carboxylic acids is 3. The van der Waals surface area contributed by atoms with E-state index in [0.29, 0.717) is 49.2 Å². The van der Waals surface area contributed by atoms with Crippen molar-refractivity contribution in [3.63, 3.8) is 0 Å². The van der Waals surface area contributed by atoms with Gasteiger partial charge in [-0.2, -0.15) is 0 Å². The summed E-state index contributed by atoms with van der Waals surface area (Å²) in [5.41, 5.74) is -0.118. The Labute approximate surface area is 262 Å². The summed E-state index contributed by atoms with van der Waals surface area (Å²) < 4.78 is 24.5. The number of rotatable bonds is 8. The van der Waals surface area contributed by atoms with Crippen molar-refractivity contribution in [2.45, 2.75) is 103 Å². The van der Waals surface area contributed by atoms with Crippen molar-refractivity contribution in [3.8, 4) is 0 Å². The van der Waals surface area contributed by atoms with Gasteiger partial charge in [0.05, 0.1) is 17.9 Å². The molecule has 246 valence electrons. The third kappa shape index (κ3) is 7.76. The second kappa shape index (κ2) is 13.7. The van der Waals surface area contributed by atoms with Crippen LogP contribution in [0.25, 0.3) is 11.1 Å². The highest BCUT2D eigenvalue weighted by Gasteiger charge is 2.47. The minimum absolute atomic E-state index is 0.0432. The maximum absolute atomic E-state index is 14.0. The van der Waals surface area contributed by atoms with E-state index < -0.39 is 36.4 Å². The van der Waals surface area contributed by atoms with Gasteiger partial charge in [0.15, 0.2) is 0 Å². The number of halogens is 1. The maximum atomic E-state index is 14.0. The van der Waals surface area contributed by atoms with Crippen molar-refractivity contribution in [2.24, 2.45) is 23.7 Å². The first-order chi connectivity index (χ1) is 21.4. The zero-order valence-corrected chi connectivity index (χ0v) is 26.4. The molecule has 3 fully saturated rings. The monoisotopic (exact) mass is 628 g/mol. The molecule has 0 aromatic carbocycles. The summed E-state index contributed by atoms with van der Waals surface area (Å²) in [5.74, 6) is -1.73. The largest absolute Gasteiger partial charge is 0.475 e. The van der Waals surface area contributed by atoms with Crippen LogP contribution in [0.2, 0.25) is 0 Å². The average Bonchev–Trinajstić information content (AvgIpc) is 3.64.